The molecule has 0 aromatic heterocycles. The third kappa shape index (κ3) is 2.58. The Hall–Kier alpha value is -1.29. The Bertz CT molecular complexity index is 506. The fourth-order valence-corrected chi connectivity index (χ4v) is 2.57. The molecular formula is C14H17BrN2O. The Morgan fingerprint density at radius 1 is 1.44 bits per heavy atom. The van der Waals surface area contributed by atoms with Gasteiger partial charge in [-0.15, -0.1) is 0 Å². The van der Waals surface area contributed by atoms with Crippen molar-refractivity contribution in [2.24, 2.45) is 0 Å². The van der Waals surface area contributed by atoms with Crippen molar-refractivity contribution in [1.82, 2.24) is 10.2 Å². The lowest BCUT2D eigenvalue weighted by Crippen LogP contribution is -2.43. The largest absolute Gasteiger partial charge is 0.364 e. The summed E-state index contributed by atoms with van der Waals surface area (Å²) in [7, 11) is 1.81. The molecule has 1 saturated heterocycles. The molecule has 3 nitrogen and oxygen atoms in total. The van der Waals surface area contributed by atoms with Crippen molar-refractivity contribution in [3.63, 3.8) is 0 Å². The van der Waals surface area contributed by atoms with Crippen LogP contribution in [0.4, 0.5) is 0 Å². The van der Waals surface area contributed by atoms with Crippen LogP contribution in [0.15, 0.2) is 40.1 Å². The van der Waals surface area contributed by atoms with E-state index < -0.39 is 0 Å². The molecule has 0 spiro atoms. The van der Waals surface area contributed by atoms with Crippen LogP contribution < -0.4 is 5.32 Å². The van der Waals surface area contributed by atoms with Crippen molar-refractivity contribution in [2.75, 3.05) is 7.05 Å². The summed E-state index contributed by atoms with van der Waals surface area (Å²) >= 11 is 3.46. The lowest BCUT2D eigenvalue weighted by Gasteiger charge is -2.34. The van der Waals surface area contributed by atoms with Crippen LogP contribution in [-0.4, -0.2) is 17.9 Å². The second-order valence-electron chi connectivity index (χ2n) is 4.76. The minimum absolute atomic E-state index is 0.0519. The predicted octanol–water partition coefficient (Wildman–Crippen LogP) is 3.19. The van der Waals surface area contributed by atoms with Crippen LogP contribution in [0.3, 0.4) is 0 Å². The van der Waals surface area contributed by atoms with E-state index in [0.717, 1.165) is 21.4 Å². The molecule has 4 heteroatoms. The Morgan fingerprint density at radius 3 is 2.78 bits per heavy atom. The fraction of sp³-hybridized carbons (Fsp3) is 0.357. The average Bonchev–Trinajstić information content (AvgIpc) is 2.32. The van der Waals surface area contributed by atoms with Gasteiger partial charge in [-0.25, -0.2) is 0 Å². The van der Waals surface area contributed by atoms with Crippen LogP contribution in [0.5, 0.6) is 0 Å². The predicted molar refractivity (Wildman–Crippen MR) is 75.8 cm³/mol. The molecule has 1 aliphatic rings. The third-order valence-electron chi connectivity index (χ3n) is 3.12. The van der Waals surface area contributed by atoms with Gasteiger partial charge in [-0.05, 0) is 37.1 Å². The molecule has 1 unspecified atom stereocenters. The van der Waals surface area contributed by atoms with E-state index >= 15 is 0 Å². The van der Waals surface area contributed by atoms with Gasteiger partial charge in [0.25, 0.3) is 0 Å². The van der Waals surface area contributed by atoms with Gasteiger partial charge in [0.15, 0.2) is 0 Å². The summed E-state index contributed by atoms with van der Waals surface area (Å²) in [5.74, 6) is 1.06. The Kier molecular flexibility index (Phi) is 3.76. The van der Waals surface area contributed by atoms with Crippen LogP contribution in [0.25, 0.3) is 0 Å². The van der Waals surface area contributed by atoms with E-state index in [0.29, 0.717) is 6.42 Å². The van der Waals surface area contributed by atoms with Crippen molar-refractivity contribution in [2.45, 2.75) is 26.3 Å². The van der Waals surface area contributed by atoms with Crippen LogP contribution in [-0.2, 0) is 4.79 Å². The summed E-state index contributed by atoms with van der Waals surface area (Å²) in [6.07, 6.45) is 0.490. The van der Waals surface area contributed by atoms with Crippen molar-refractivity contribution in [3.05, 3.63) is 45.7 Å². The van der Waals surface area contributed by atoms with Crippen molar-refractivity contribution in [3.8, 4) is 0 Å². The smallest absolute Gasteiger partial charge is 0.230 e. The number of carbonyl (C=O) groups is 1. The molecule has 0 saturated carbocycles. The normalized spacial score (nSPS) is 19.8. The quantitative estimate of drug-likeness (QED) is 0.864. The van der Waals surface area contributed by atoms with Crippen LogP contribution >= 0.6 is 15.9 Å². The van der Waals surface area contributed by atoms with Gasteiger partial charge < -0.3 is 10.2 Å². The molecule has 1 heterocycles. The lowest BCUT2D eigenvalue weighted by molar-refractivity contribution is -0.130. The molecule has 1 aliphatic heterocycles. The van der Waals surface area contributed by atoms with E-state index in [9.17, 15) is 4.79 Å². The maximum Gasteiger partial charge on any atom is 0.230 e. The zero-order valence-corrected chi connectivity index (χ0v) is 12.4. The van der Waals surface area contributed by atoms with Gasteiger partial charge in [-0.3, -0.25) is 4.79 Å². The highest BCUT2D eigenvalue weighted by molar-refractivity contribution is 9.10. The number of nitrogens with one attached hydrogen (secondary N) is 1. The number of halogens is 1. The van der Waals surface area contributed by atoms with Crippen LogP contribution in [0.2, 0.25) is 0 Å². The van der Waals surface area contributed by atoms with Gasteiger partial charge in [-0.2, -0.15) is 0 Å². The second kappa shape index (κ2) is 5.14. The summed E-state index contributed by atoms with van der Waals surface area (Å²) in [6, 6.07) is 8.13. The van der Waals surface area contributed by atoms with E-state index in [1.165, 1.54) is 0 Å². The lowest BCUT2D eigenvalue weighted by atomic mass is 10.0. The molecule has 0 radical (unpaired) electrons. The Balaban J connectivity index is 2.32. The molecule has 0 bridgehead atoms. The topological polar surface area (TPSA) is 32.3 Å². The number of hydrogen-bond acceptors (Lipinski definition) is 2. The average molecular weight is 309 g/mol. The molecular weight excluding hydrogens is 292 g/mol. The summed E-state index contributed by atoms with van der Waals surface area (Å²) in [5, 5.41) is 3.44. The number of hydrogen-bond donors (Lipinski definition) is 1. The molecule has 1 fully saturated rings. The van der Waals surface area contributed by atoms with Crippen molar-refractivity contribution in [1.29, 1.82) is 0 Å². The number of rotatable bonds is 1. The molecule has 96 valence electrons. The van der Waals surface area contributed by atoms with E-state index in [-0.39, 0.29) is 11.9 Å². The maximum atomic E-state index is 12.0. The molecule has 1 N–H and O–H groups in total. The zero-order valence-electron chi connectivity index (χ0n) is 10.8. The summed E-state index contributed by atoms with van der Waals surface area (Å²) in [5.41, 5.74) is 2.25. The van der Waals surface area contributed by atoms with E-state index in [2.05, 4.69) is 27.3 Å². The fourth-order valence-electron chi connectivity index (χ4n) is 2.15. The first-order chi connectivity index (χ1) is 8.49. The number of allylic oxidation sites excluding steroid dienone is 1. The Labute approximate surface area is 116 Å². The summed E-state index contributed by atoms with van der Waals surface area (Å²) in [4.78, 5) is 13.7. The van der Waals surface area contributed by atoms with Gasteiger partial charge in [0, 0.05) is 11.5 Å². The zero-order chi connectivity index (χ0) is 13.3. The van der Waals surface area contributed by atoms with Crippen LogP contribution in [0.1, 0.15) is 31.9 Å². The van der Waals surface area contributed by atoms with E-state index in [1.807, 2.05) is 39.1 Å². The van der Waals surface area contributed by atoms with Gasteiger partial charge in [0.05, 0.1) is 12.5 Å². The second-order valence-corrected chi connectivity index (χ2v) is 5.67. The molecule has 18 heavy (non-hydrogen) atoms. The highest BCUT2D eigenvalue weighted by atomic mass is 79.9. The van der Waals surface area contributed by atoms with Gasteiger partial charge in [0.2, 0.25) is 5.91 Å². The molecule has 1 aromatic rings. The Morgan fingerprint density at radius 2 is 2.17 bits per heavy atom. The highest BCUT2D eigenvalue weighted by Gasteiger charge is 2.28. The number of nitrogens with zero attached hydrogens (tertiary/aromatic N) is 1. The summed E-state index contributed by atoms with van der Waals surface area (Å²) < 4.78 is 1.03. The third-order valence-corrected chi connectivity index (χ3v) is 3.62. The van der Waals surface area contributed by atoms with Gasteiger partial charge >= 0.3 is 0 Å². The molecule has 1 aromatic carbocycles. The number of carbonyl (C=O) groups excluding carboxylic acids is 1. The SMILES string of the molecule is CC(C)=C1NC(c2cccc(Br)c2)CC(=O)N1C. The summed E-state index contributed by atoms with van der Waals surface area (Å²) in [6.45, 7) is 4.02. The molecule has 1 amide bonds. The van der Waals surface area contributed by atoms with Gasteiger partial charge in [0.1, 0.15) is 5.82 Å². The van der Waals surface area contributed by atoms with Gasteiger partial charge in [-0.1, -0.05) is 28.1 Å². The molecule has 0 aliphatic carbocycles. The number of benzene rings is 1. The van der Waals surface area contributed by atoms with E-state index in [1.54, 1.807) is 4.90 Å². The first-order valence-corrected chi connectivity index (χ1v) is 6.74. The monoisotopic (exact) mass is 308 g/mol. The maximum absolute atomic E-state index is 12.0. The first kappa shape index (κ1) is 13.1. The van der Waals surface area contributed by atoms with Crippen molar-refractivity contribution < 1.29 is 4.79 Å². The minimum Gasteiger partial charge on any atom is -0.364 e. The highest BCUT2D eigenvalue weighted by Crippen LogP contribution is 2.27. The minimum atomic E-state index is 0.0519. The molecule has 2 rings (SSSR count). The van der Waals surface area contributed by atoms with E-state index in [4.69, 9.17) is 0 Å². The van der Waals surface area contributed by atoms with Crippen molar-refractivity contribution >= 4 is 21.8 Å². The van der Waals surface area contributed by atoms with Crippen LogP contribution in [0, 0.1) is 0 Å². The first-order valence-electron chi connectivity index (χ1n) is 5.95. The molecule has 1 atom stereocenters. The standard InChI is InChI=1S/C14H17BrN2O/c1-9(2)14-16-12(8-13(18)17(14)3)10-5-4-6-11(15)7-10/h4-7,12,16H,8H2,1-3H3. The number of amides is 1.